The van der Waals surface area contributed by atoms with Gasteiger partial charge in [0.05, 0.1) is 5.52 Å². The Labute approximate surface area is 177 Å². The number of rotatable bonds is 4. The van der Waals surface area contributed by atoms with Gasteiger partial charge in [-0.2, -0.15) is 18.3 Å². The molecule has 1 aromatic carbocycles. The lowest BCUT2D eigenvalue weighted by molar-refractivity contribution is -0.143. The first kappa shape index (κ1) is 20.8. The highest BCUT2D eigenvalue weighted by atomic mass is 19.4. The molecule has 0 fully saturated rings. The number of carbonyl (C=O) groups is 2. The summed E-state index contributed by atoms with van der Waals surface area (Å²) in [6.45, 7) is 0. The second kappa shape index (κ2) is 7.68. The highest BCUT2D eigenvalue weighted by molar-refractivity contribution is 5.98. The van der Waals surface area contributed by atoms with Gasteiger partial charge in [-0.1, -0.05) is 0 Å². The number of hydrogen-bond donors (Lipinski definition) is 2. The van der Waals surface area contributed by atoms with Crippen LogP contribution < -0.4 is 15.8 Å². The molecule has 0 aliphatic carbocycles. The molecular formula is C19H14F3N7O3. The van der Waals surface area contributed by atoms with Gasteiger partial charge in [-0.25, -0.2) is 14.8 Å². The fourth-order valence-electron chi connectivity index (χ4n) is 2.98. The molecule has 0 unspecified atom stereocenters. The van der Waals surface area contributed by atoms with Gasteiger partial charge < -0.3 is 10.5 Å². The Kier molecular flexibility index (Phi) is 5.00. The molecule has 3 heterocycles. The van der Waals surface area contributed by atoms with Gasteiger partial charge in [0.25, 0.3) is 5.91 Å². The maximum absolute atomic E-state index is 12.9. The number of amides is 2. The number of fused-ring (bicyclic) bond motifs is 1. The number of anilines is 1. The van der Waals surface area contributed by atoms with E-state index in [0.717, 1.165) is 19.4 Å². The Morgan fingerprint density at radius 2 is 1.91 bits per heavy atom. The van der Waals surface area contributed by atoms with Crippen LogP contribution in [-0.2, 0) is 13.2 Å². The zero-order valence-electron chi connectivity index (χ0n) is 16.3. The van der Waals surface area contributed by atoms with E-state index in [2.05, 4.69) is 20.4 Å². The van der Waals surface area contributed by atoms with Crippen LogP contribution in [-0.4, -0.2) is 36.3 Å². The van der Waals surface area contributed by atoms with Gasteiger partial charge in [-0.3, -0.25) is 19.4 Å². The lowest BCUT2D eigenvalue weighted by atomic mass is 10.2. The van der Waals surface area contributed by atoms with Crippen molar-refractivity contribution in [3.63, 3.8) is 0 Å². The Balaban J connectivity index is 1.55. The number of ether oxygens (including phenoxy) is 1. The van der Waals surface area contributed by atoms with Crippen LogP contribution in [0.3, 0.4) is 0 Å². The summed E-state index contributed by atoms with van der Waals surface area (Å²) in [5, 5.41) is 6.63. The first-order valence-corrected chi connectivity index (χ1v) is 8.95. The summed E-state index contributed by atoms with van der Waals surface area (Å²) >= 11 is 0. The number of nitrogens with two attached hydrogens (primary N) is 1. The summed E-state index contributed by atoms with van der Waals surface area (Å²) < 4.78 is 46.2. The quantitative estimate of drug-likeness (QED) is 0.496. The van der Waals surface area contributed by atoms with Crippen LogP contribution in [0.15, 0.2) is 48.9 Å². The van der Waals surface area contributed by atoms with Crippen LogP contribution >= 0.6 is 0 Å². The first-order chi connectivity index (χ1) is 15.1. The average Bonchev–Trinajstić information content (AvgIpc) is 3.31. The molecule has 3 N–H and O–H groups in total. The number of aromatic nitrogens is 5. The smallest absolute Gasteiger partial charge is 0.433 e. The van der Waals surface area contributed by atoms with Crippen molar-refractivity contribution in [2.45, 2.75) is 6.18 Å². The third-order valence-corrected chi connectivity index (χ3v) is 4.40. The maximum atomic E-state index is 12.9. The monoisotopic (exact) mass is 445 g/mol. The fraction of sp³-hybridized carbons (Fsp3) is 0.105. The van der Waals surface area contributed by atoms with Crippen molar-refractivity contribution in [3.05, 3.63) is 60.3 Å². The molecule has 4 rings (SSSR count). The van der Waals surface area contributed by atoms with Crippen LogP contribution in [0, 0.1) is 0 Å². The van der Waals surface area contributed by atoms with Gasteiger partial charge in [-0.05, 0) is 24.3 Å². The standard InChI is InChI=1S/C19H14F3N7O3/c1-28-14(19(20,21)22)8-15(27-28)26-18(31)29-5-4-10-6-11(2-3-13(10)29)32-16-7-12(17(23)30)24-9-25-16/h2-9H,1H3,(H2,23,30)(H,26,27,31). The van der Waals surface area contributed by atoms with Gasteiger partial charge in [0.1, 0.15) is 23.5 Å². The summed E-state index contributed by atoms with van der Waals surface area (Å²) in [6.07, 6.45) is -2.01. The molecule has 4 aromatic rings. The zero-order valence-corrected chi connectivity index (χ0v) is 16.3. The SMILES string of the molecule is Cn1nc(NC(=O)n2ccc3cc(Oc4cc(C(N)=O)ncn4)ccc32)cc1C(F)(F)F. The van der Waals surface area contributed by atoms with E-state index in [1.54, 1.807) is 24.3 Å². The Morgan fingerprint density at radius 3 is 2.59 bits per heavy atom. The molecule has 13 heteroatoms. The number of nitrogens with one attached hydrogen (secondary N) is 1. The summed E-state index contributed by atoms with van der Waals surface area (Å²) in [4.78, 5) is 31.4. The van der Waals surface area contributed by atoms with Gasteiger partial charge >= 0.3 is 12.2 Å². The van der Waals surface area contributed by atoms with Crippen molar-refractivity contribution >= 4 is 28.7 Å². The lowest BCUT2D eigenvalue weighted by Gasteiger charge is -2.07. The van der Waals surface area contributed by atoms with Crippen molar-refractivity contribution in [3.8, 4) is 11.6 Å². The molecule has 0 atom stereocenters. The Morgan fingerprint density at radius 1 is 1.12 bits per heavy atom. The molecule has 164 valence electrons. The average molecular weight is 445 g/mol. The van der Waals surface area contributed by atoms with E-state index in [0.29, 0.717) is 21.3 Å². The van der Waals surface area contributed by atoms with E-state index in [9.17, 15) is 22.8 Å². The normalized spacial score (nSPS) is 11.5. The zero-order chi connectivity index (χ0) is 23.0. The number of hydrogen-bond acceptors (Lipinski definition) is 6. The third kappa shape index (κ3) is 4.08. The first-order valence-electron chi connectivity index (χ1n) is 8.95. The Hall–Kier alpha value is -4.42. The predicted molar refractivity (Wildman–Crippen MR) is 105 cm³/mol. The molecule has 0 saturated carbocycles. The number of carbonyl (C=O) groups excluding carboxylic acids is 2. The third-order valence-electron chi connectivity index (χ3n) is 4.40. The van der Waals surface area contributed by atoms with Crippen molar-refractivity contribution in [2.24, 2.45) is 12.8 Å². The van der Waals surface area contributed by atoms with Crippen molar-refractivity contribution in [2.75, 3.05) is 5.32 Å². The molecule has 0 aliphatic rings. The summed E-state index contributed by atoms with van der Waals surface area (Å²) in [6, 6.07) is 7.72. The van der Waals surface area contributed by atoms with E-state index >= 15 is 0 Å². The molecule has 10 nitrogen and oxygen atoms in total. The Bertz CT molecular complexity index is 1340. The van der Waals surface area contributed by atoms with Gasteiger partial charge in [0.15, 0.2) is 5.82 Å². The molecule has 0 bridgehead atoms. The highest BCUT2D eigenvalue weighted by Crippen LogP contribution is 2.30. The van der Waals surface area contributed by atoms with Gasteiger partial charge in [0.2, 0.25) is 5.88 Å². The lowest BCUT2D eigenvalue weighted by Crippen LogP contribution is -2.18. The van der Waals surface area contributed by atoms with Crippen LogP contribution in [0.25, 0.3) is 10.9 Å². The maximum Gasteiger partial charge on any atom is 0.433 e. The molecule has 3 aromatic heterocycles. The van der Waals surface area contributed by atoms with Gasteiger partial charge in [0, 0.05) is 30.8 Å². The highest BCUT2D eigenvalue weighted by Gasteiger charge is 2.35. The van der Waals surface area contributed by atoms with Crippen molar-refractivity contribution < 1.29 is 27.5 Å². The van der Waals surface area contributed by atoms with E-state index in [1.165, 1.54) is 16.8 Å². The molecule has 0 radical (unpaired) electrons. The minimum Gasteiger partial charge on any atom is -0.439 e. The van der Waals surface area contributed by atoms with Crippen LogP contribution in [0.2, 0.25) is 0 Å². The molecule has 0 saturated heterocycles. The largest absolute Gasteiger partial charge is 0.439 e. The second-order valence-corrected chi connectivity index (χ2v) is 6.58. The molecule has 0 spiro atoms. The summed E-state index contributed by atoms with van der Waals surface area (Å²) in [5.74, 6) is -0.503. The summed E-state index contributed by atoms with van der Waals surface area (Å²) in [7, 11) is 1.13. The van der Waals surface area contributed by atoms with E-state index in [-0.39, 0.29) is 17.4 Å². The number of primary amides is 1. The van der Waals surface area contributed by atoms with Crippen LogP contribution in [0.1, 0.15) is 16.2 Å². The van der Waals surface area contributed by atoms with E-state index < -0.39 is 23.8 Å². The molecular weight excluding hydrogens is 431 g/mol. The molecule has 32 heavy (non-hydrogen) atoms. The second-order valence-electron chi connectivity index (χ2n) is 6.58. The number of aryl methyl sites for hydroxylation is 1. The van der Waals surface area contributed by atoms with E-state index in [4.69, 9.17) is 10.5 Å². The number of alkyl halides is 3. The fourth-order valence-corrected chi connectivity index (χ4v) is 2.98. The topological polar surface area (TPSA) is 130 Å². The van der Waals surface area contributed by atoms with Crippen molar-refractivity contribution in [1.29, 1.82) is 0 Å². The minimum atomic E-state index is -4.59. The van der Waals surface area contributed by atoms with Crippen LogP contribution in [0.4, 0.5) is 23.8 Å². The summed E-state index contributed by atoms with van der Waals surface area (Å²) in [5.41, 5.74) is 4.65. The minimum absolute atomic E-state index is 0.0119. The number of nitrogens with zero attached hydrogens (tertiary/aromatic N) is 5. The molecule has 2 amide bonds. The van der Waals surface area contributed by atoms with Crippen molar-refractivity contribution in [1.82, 2.24) is 24.3 Å². The number of halogens is 3. The predicted octanol–water partition coefficient (Wildman–Crippen LogP) is 3.16. The van der Waals surface area contributed by atoms with Crippen LogP contribution in [0.5, 0.6) is 11.6 Å². The number of benzene rings is 1. The molecule has 0 aliphatic heterocycles. The van der Waals surface area contributed by atoms with E-state index in [1.807, 2.05) is 0 Å². The van der Waals surface area contributed by atoms with Gasteiger partial charge in [-0.15, -0.1) is 0 Å².